The number of rotatable bonds is 7. The van der Waals surface area contributed by atoms with Crippen LogP contribution in [0, 0.1) is 0 Å². The zero-order valence-electron chi connectivity index (χ0n) is 9.70. The van der Waals surface area contributed by atoms with E-state index < -0.39 is 49.1 Å². The number of carboxylic acid groups (broad SMARTS) is 1. The highest BCUT2D eigenvalue weighted by Crippen LogP contribution is 2.53. The maximum Gasteiger partial charge on any atom is 0.460 e. The summed E-state index contributed by atoms with van der Waals surface area (Å²) in [5, 5.41) is 18.2. The van der Waals surface area contributed by atoms with Crippen molar-refractivity contribution < 1.29 is 54.5 Å². The van der Waals surface area contributed by atoms with E-state index in [4.69, 9.17) is 10.2 Å². The molecule has 0 rings (SSSR count). The number of carboxylic acids is 1. The van der Waals surface area contributed by atoms with Crippen molar-refractivity contribution in [2.45, 2.75) is 30.0 Å². The number of alkyl halides is 9. The van der Waals surface area contributed by atoms with Gasteiger partial charge in [-0.25, -0.2) is 0 Å². The van der Waals surface area contributed by atoms with Crippen molar-refractivity contribution in [3.8, 4) is 0 Å². The standard InChI is InChI=1S/C8H8F9NO3/c9-5(10,3(19)1-18-2-4(20)21)6(11,12)7(13,14)8(15,16)17/h3,18-19H,1-2H2,(H,20,21)/t3-/m1/s1. The zero-order valence-corrected chi connectivity index (χ0v) is 9.70. The molecule has 0 fully saturated rings. The van der Waals surface area contributed by atoms with Crippen LogP contribution in [0.25, 0.3) is 0 Å². The number of hydrogen-bond acceptors (Lipinski definition) is 3. The van der Waals surface area contributed by atoms with Crippen LogP contribution in [-0.4, -0.2) is 59.3 Å². The van der Waals surface area contributed by atoms with Gasteiger partial charge in [0.05, 0.1) is 6.54 Å². The van der Waals surface area contributed by atoms with Gasteiger partial charge in [0.2, 0.25) is 0 Å². The molecular formula is C8H8F9NO3. The SMILES string of the molecule is O=C(O)CNC[C@@H](O)C(F)(F)C(F)(F)C(F)(F)C(F)(F)F. The van der Waals surface area contributed by atoms with Gasteiger partial charge in [0, 0.05) is 6.54 Å². The van der Waals surface area contributed by atoms with Crippen LogP contribution < -0.4 is 5.32 Å². The lowest BCUT2D eigenvalue weighted by Crippen LogP contribution is -2.65. The highest BCUT2D eigenvalue weighted by molar-refractivity contribution is 5.68. The van der Waals surface area contributed by atoms with Gasteiger partial charge < -0.3 is 15.5 Å². The van der Waals surface area contributed by atoms with Crippen molar-refractivity contribution in [1.82, 2.24) is 5.32 Å². The van der Waals surface area contributed by atoms with Crippen LogP contribution in [0.1, 0.15) is 0 Å². The first-order chi connectivity index (χ1) is 9.09. The van der Waals surface area contributed by atoms with Crippen LogP contribution in [0.4, 0.5) is 39.5 Å². The van der Waals surface area contributed by atoms with Crippen LogP contribution in [-0.2, 0) is 4.79 Å². The average molecular weight is 337 g/mol. The summed E-state index contributed by atoms with van der Waals surface area (Å²) < 4.78 is 112. The van der Waals surface area contributed by atoms with E-state index in [1.165, 1.54) is 5.32 Å². The van der Waals surface area contributed by atoms with Crippen molar-refractivity contribution in [1.29, 1.82) is 0 Å². The molecule has 0 amide bonds. The molecule has 0 aromatic heterocycles. The monoisotopic (exact) mass is 337 g/mol. The third-order valence-electron chi connectivity index (χ3n) is 2.20. The van der Waals surface area contributed by atoms with Crippen molar-refractivity contribution in [2.24, 2.45) is 0 Å². The van der Waals surface area contributed by atoms with Gasteiger partial charge in [-0.2, -0.15) is 39.5 Å². The van der Waals surface area contributed by atoms with Crippen LogP contribution in [0.3, 0.4) is 0 Å². The van der Waals surface area contributed by atoms with E-state index in [1.807, 2.05) is 0 Å². The molecule has 126 valence electrons. The fourth-order valence-corrected chi connectivity index (χ4v) is 1.04. The van der Waals surface area contributed by atoms with Crippen molar-refractivity contribution >= 4 is 5.97 Å². The maximum atomic E-state index is 13.0. The Morgan fingerprint density at radius 2 is 1.38 bits per heavy atom. The predicted molar refractivity (Wildman–Crippen MR) is 47.4 cm³/mol. The van der Waals surface area contributed by atoms with Gasteiger partial charge in [0.1, 0.15) is 6.10 Å². The second kappa shape index (κ2) is 5.87. The Kier molecular flexibility index (Phi) is 5.52. The Hall–Kier alpha value is -1.24. The smallest absolute Gasteiger partial charge is 0.460 e. The lowest BCUT2D eigenvalue weighted by molar-refractivity contribution is -0.405. The largest absolute Gasteiger partial charge is 0.480 e. The average Bonchev–Trinajstić information content (AvgIpc) is 2.26. The quantitative estimate of drug-likeness (QED) is 0.616. The van der Waals surface area contributed by atoms with Crippen molar-refractivity contribution in [3.63, 3.8) is 0 Å². The van der Waals surface area contributed by atoms with Gasteiger partial charge in [-0.15, -0.1) is 0 Å². The van der Waals surface area contributed by atoms with E-state index in [-0.39, 0.29) is 0 Å². The van der Waals surface area contributed by atoms with E-state index in [9.17, 15) is 44.3 Å². The summed E-state index contributed by atoms with van der Waals surface area (Å²) in [5.41, 5.74) is 0. The number of aliphatic carboxylic acids is 1. The summed E-state index contributed by atoms with van der Waals surface area (Å²) in [4.78, 5) is 9.97. The molecule has 3 N–H and O–H groups in total. The number of halogens is 9. The molecule has 4 nitrogen and oxygen atoms in total. The van der Waals surface area contributed by atoms with E-state index in [1.54, 1.807) is 0 Å². The minimum Gasteiger partial charge on any atom is -0.480 e. The Balaban J connectivity index is 5.23. The second-order valence-electron chi connectivity index (χ2n) is 3.81. The Morgan fingerprint density at radius 3 is 1.71 bits per heavy atom. The molecule has 0 saturated carbocycles. The molecule has 21 heavy (non-hydrogen) atoms. The van der Waals surface area contributed by atoms with Crippen LogP contribution >= 0.6 is 0 Å². The molecule has 0 heterocycles. The Labute approximate surface area is 110 Å². The van der Waals surface area contributed by atoms with E-state index in [0.29, 0.717) is 0 Å². The summed E-state index contributed by atoms with van der Waals surface area (Å²) in [6.45, 7) is -2.77. The molecule has 0 spiro atoms. The number of carbonyl (C=O) groups is 1. The fourth-order valence-electron chi connectivity index (χ4n) is 1.04. The van der Waals surface area contributed by atoms with Gasteiger partial charge >= 0.3 is 29.9 Å². The third-order valence-corrected chi connectivity index (χ3v) is 2.20. The summed E-state index contributed by atoms with van der Waals surface area (Å²) in [6, 6.07) is 0. The fraction of sp³-hybridized carbons (Fsp3) is 0.875. The highest BCUT2D eigenvalue weighted by Gasteiger charge is 2.82. The summed E-state index contributed by atoms with van der Waals surface area (Å²) in [6.07, 6.45) is -10.7. The summed E-state index contributed by atoms with van der Waals surface area (Å²) in [7, 11) is 0. The van der Waals surface area contributed by atoms with Gasteiger partial charge in [-0.05, 0) is 0 Å². The van der Waals surface area contributed by atoms with Gasteiger partial charge in [-0.3, -0.25) is 4.79 Å². The highest BCUT2D eigenvalue weighted by atomic mass is 19.4. The minimum absolute atomic E-state index is 1.12. The van der Waals surface area contributed by atoms with Crippen LogP contribution in [0.5, 0.6) is 0 Å². The Bertz CT molecular complexity index is 382. The molecule has 0 radical (unpaired) electrons. The first-order valence-corrected chi connectivity index (χ1v) is 4.89. The van der Waals surface area contributed by atoms with E-state index in [0.717, 1.165) is 0 Å². The number of aliphatic hydroxyl groups is 1. The molecule has 0 aliphatic heterocycles. The lowest BCUT2D eigenvalue weighted by atomic mass is 9.99. The molecule has 0 aromatic rings. The topological polar surface area (TPSA) is 69.6 Å². The van der Waals surface area contributed by atoms with Crippen LogP contribution in [0.2, 0.25) is 0 Å². The number of hydrogen-bond donors (Lipinski definition) is 3. The van der Waals surface area contributed by atoms with E-state index in [2.05, 4.69) is 0 Å². The molecule has 0 unspecified atom stereocenters. The van der Waals surface area contributed by atoms with Crippen LogP contribution in [0.15, 0.2) is 0 Å². The normalized spacial score (nSPS) is 15.9. The van der Waals surface area contributed by atoms with E-state index >= 15 is 0 Å². The molecule has 0 bridgehead atoms. The van der Waals surface area contributed by atoms with Gasteiger partial charge in [0.25, 0.3) is 0 Å². The molecule has 0 saturated heterocycles. The predicted octanol–water partition coefficient (Wildman–Crippen LogP) is 1.49. The Morgan fingerprint density at radius 1 is 0.952 bits per heavy atom. The molecule has 13 heteroatoms. The summed E-state index contributed by atoms with van der Waals surface area (Å²) in [5.74, 6) is -21.9. The van der Waals surface area contributed by atoms with Gasteiger partial charge in [-0.1, -0.05) is 0 Å². The molecule has 1 atom stereocenters. The minimum atomic E-state index is -7.10. The van der Waals surface area contributed by atoms with Gasteiger partial charge in [0.15, 0.2) is 0 Å². The molecule has 0 aromatic carbocycles. The second-order valence-corrected chi connectivity index (χ2v) is 3.81. The zero-order chi connectivity index (χ0) is 17.3. The molecule has 0 aliphatic rings. The maximum absolute atomic E-state index is 13.0. The summed E-state index contributed by atoms with van der Waals surface area (Å²) >= 11 is 0. The number of nitrogens with one attached hydrogen (secondary N) is 1. The first-order valence-electron chi connectivity index (χ1n) is 4.89. The van der Waals surface area contributed by atoms with Crippen molar-refractivity contribution in [3.05, 3.63) is 0 Å². The lowest BCUT2D eigenvalue weighted by Gasteiger charge is -2.35. The third kappa shape index (κ3) is 3.70. The molecule has 0 aliphatic carbocycles. The number of aliphatic hydroxyl groups excluding tert-OH is 1. The first kappa shape index (κ1) is 19.8. The molecular weight excluding hydrogens is 329 g/mol. The van der Waals surface area contributed by atoms with Crippen molar-refractivity contribution in [2.75, 3.05) is 13.1 Å².